The molecule has 2 heterocycles. The van der Waals surface area contributed by atoms with Gasteiger partial charge in [0.25, 0.3) is 0 Å². The molecule has 5 nitrogen and oxygen atoms in total. The Morgan fingerprint density at radius 3 is 2.62 bits per heavy atom. The average Bonchev–Trinajstić information content (AvgIpc) is 3.17. The summed E-state index contributed by atoms with van der Waals surface area (Å²) in [5, 5.41) is 8.08. The van der Waals surface area contributed by atoms with Crippen molar-refractivity contribution in [3.05, 3.63) is 35.7 Å². The van der Waals surface area contributed by atoms with Crippen LogP contribution < -0.4 is 0 Å². The van der Waals surface area contributed by atoms with Gasteiger partial charge in [-0.1, -0.05) is 17.7 Å². The Hall–Kier alpha value is -2.17. The maximum atomic E-state index is 12.0. The molecule has 1 aliphatic heterocycles. The molecule has 0 saturated carbocycles. The summed E-state index contributed by atoms with van der Waals surface area (Å²) < 4.78 is 5.63. The van der Waals surface area contributed by atoms with Crippen LogP contribution in [0.4, 0.5) is 0 Å². The number of carbonyl (C=O) groups excluding carboxylic acids is 1. The van der Waals surface area contributed by atoms with Crippen molar-refractivity contribution in [1.29, 1.82) is 0 Å². The lowest BCUT2D eigenvalue weighted by Gasteiger charge is -2.13. The van der Waals surface area contributed by atoms with Crippen LogP contribution in [0.2, 0.25) is 0 Å². The zero-order valence-corrected chi connectivity index (χ0v) is 12.2. The highest BCUT2D eigenvalue weighted by atomic mass is 16.4. The molecular weight excluding hydrogens is 266 g/mol. The lowest BCUT2D eigenvalue weighted by atomic mass is 10.1. The molecule has 0 spiro atoms. The van der Waals surface area contributed by atoms with Crippen molar-refractivity contribution < 1.29 is 9.21 Å². The van der Waals surface area contributed by atoms with Gasteiger partial charge in [0.2, 0.25) is 17.7 Å². The summed E-state index contributed by atoms with van der Waals surface area (Å²) in [6.45, 7) is 3.81. The molecule has 1 amide bonds. The summed E-state index contributed by atoms with van der Waals surface area (Å²) in [4.78, 5) is 13.9. The van der Waals surface area contributed by atoms with E-state index in [0.29, 0.717) is 24.6 Å². The van der Waals surface area contributed by atoms with Crippen molar-refractivity contribution in [2.45, 2.75) is 32.6 Å². The van der Waals surface area contributed by atoms with Crippen LogP contribution in [-0.2, 0) is 11.2 Å². The number of nitrogens with zero attached hydrogens (tertiary/aromatic N) is 3. The minimum Gasteiger partial charge on any atom is -0.421 e. The van der Waals surface area contributed by atoms with Crippen LogP contribution in [0.3, 0.4) is 0 Å². The third-order valence-electron chi connectivity index (χ3n) is 3.78. The smallest absolute Gasteiger partial charge is 0.247 e. The molecule has 1 aromatic carbocycles. The molecule has 0 atom stereocenters. The first-order valence-electron chi connectivity index (χ1n) is 7.39. The van der Waals surface area contributed by atoms with Crippen molar-refractivity contribution >= 4 is 5.91 Å². The predicted molar refractivity (Wildman–Crippen MR) is 78.6 cm³/mol. The normalized spacial score (nSPS) is 14.6. The van der Waals surface area contributed by atoms with Gasteiger partial charge in [-0.2, -0.15) is 0 Å². The standard InChI is InChI=1S/C16H19N3O2/c1-12-4-6-13(7-5-12)16-18-17-14(21-16)8-9-15(20)19-10-2-3-11-19/h4-7H,2-3,8-11H2,1H3. The summed E-state index contributed by atoms with van der Waals surface area (Å²) in [7, 11) is 0. The van der Waals surface area contributed by atoms with Crippen LogP contribution in [0.15, 0.2) is 28.7 Å². The van der Waals surface area contributed by atoms with Crippen LogP contribution in [0.1, 0.15) is 30.7 Å². The van der Waals surface area contributed by atoms with Gasteiger partial charge in [0.15, 0.2) is 0 Å². The minimum absolute atomic E-state index is 0.183. The molecular formula is C16H19N3O2. The molecule has 2 aromatic rings. The molecule has 5 heteroatoms. The SMILES string of the molecule is Cc1ccc(-c2nnc(CCC(=O)N3CCCC3)o2)cc1. The molecule has 3 rings (SSSR count). The van der Waals surface area contributed by atoms with E-state index in [2.05, 4.69) is 10.2 Å². The maximum absolute atomic E-state index is 12.0. The third kappa shape index (κ3) is 3.29. The summed E-state index contributed by atoms with van der Waals surface area (Å²) in [5.41, 5.74) is 2.10. The lowest BCUT2D eigenvalue weighted by molar-refractivity contribution is -0.130. The molecule has 1 aromatic heterocycles. The number of aryl methyl sites for hydroxylation is 2. The molecule has 0 unspecified atom stereocenters. The second-order valence-corrected chi connectivity index (χ2v) is 5.45. The zero-order chi connectivity index (χ0) is 14.7. The Balaban J connectivity index is 1.60. The Kier molecular flexibility index (Phi) is 3.99. The minimum atomic E-state index is 0.183. The largest absolute Gasteiger partial charge is 0.421 e. The van der Waals surface area contributed by atoms with E-state index in [9.17, 15) is 4.79 Å². The first-order valence-corrected chi connectivity index (χ1v) is 7.39. The molecule has 110 valence electrons. The van der Waals surface area contributed by atoms with Gasteiger partial charge in [-0.3, -0.25) is 4.79 Å². The van der Waals surface area contributed by atoms with Gasteiger partial charge in [0, 0.05) is 31.5 Å². The first-order chi connectivity index (χ1) is 10.2. The highest BCUT2D eigenvalue weighted by Gasteiger charge is 2.18. The van der Waals surface area contributed by atoms with E-state index < -0.39 is 0 Å². The molecule has 21 heavy (non-hydrogen) atoms. The molecule has 1 fully saturated rings. The van der Waals surface area contributed by atoms with Crippen LogP contribution in [0.5, 0.6) is 0 Å². The van der Waals surface area contributed by atoms with E-state index >= 15 is 0 Å². The second kappa shape index (κ2) is 6.08. The predicted octanol–water partition coefficient (Wildman–Crippen LogP) is 2.60. The highest BCUT2D eigenvalue weighted by molar-refractivity contribution is 5.76. The van der Waals surface area contributed by atoms with E-state index in [-0.39, 0.29) is 5.91 Å². The van der Waals surface area contributed by atoms with Crippen LogP contribution in [0.25, 0.3) is 11.5 Å². The summed E-state index contributed by atoms with van der Waals surface area (Å²) in [6, 6.07) is 7.94. The Morgan fingerprint density at radius 1 is 1.19 bits per heavy atom. The zero-order valence-electron chi connectivity index (χ0n) is 12.2. The van der Waals surface area contributed by atoms with Crippen LogP contribution in [0, 0.1) is 6.92 Å². The number of hydrogen-bond donors (Lipinski definition) is 0. The topological polar surface area (TPSA) is 59.2 Å². The first kappa shape index (κ1) is 13.8. The van der Waals surface area contributed by atoms with E-state index in [1.807, 2.05) is 36.1 Å². The Labute approximate surface area is 124 Å². The fraction of sp³-hybridized carbons (Fsp3) is 0.438. The van der Waals surface area contributed by atoms with Crippen molar-refractivity contribution in [1.82, 2.24) is 15.1 Å². The van der Waals surface area contributed by atoms with Crippen LogP contribution in [-0.4, -0.2) is 34.1 Å². The van der Waals surface area contributed by atoms with Crippen molar-refractivity contribution in [2.24, 2.45) is 0 Å². The van der Waals surface area contributed by atoms with E-state index in [0.717, 1.165) is 31.5 Å². The molecule has 1 saturated heterocycles. The number of amides is 1. The number of aromatic nitrogens is 2. The van der Waals surface area contributed by atoms with Crippen LogP contribution >= 0.6 is 0 Å². The van der Waals surface area contributed by atoms with E-state index in [1.165, 1.54) is 5.56 Å². The summed E-state index contributed by atoms with van der Waals surface area (Å²) >= 11 is 0. The highest BCUT2D eigenvalue weighted by Crippen LogP contribution is 2.19. The van der Waals surface area contributed by atoms with Gasteiger partial charge in [0.05, 0.1) is 0 Å². The molecule has 0 aliphatic carbocycles. The molecule has 0 radical (unpaired) electrons. The molecule has 1 aliphatic rings. The summed E-state index contributed by atoms with van der Waals surface area (Å²) in [5.74, 6) is 1.22. The molecule has 0 N–H and O–H groups in total. The average molecular weight is 285 g/mol. The number of benzene rings is 1. The molecule has 0 bridgehead atoms. The van der Waals surface area contributed by atoms with Crippen molar-refractivity contribution in [3.63, 3.8) is 0 Å². The Morgan fingerprint density at radius 2 is 1.90 bits per heavy atom. The van der Waals surface area contributed by atoms with E-state index in [1.54, 1.807) is 0 Å². The van der Waals surface area contributed by atoms with E-state index in [4.69, 9.17) is 4.42 Å². The Bertz CT molecular complexity index is 613. The number of likely N-dealkylation sites (tertiary alicyclic amines) is 1. The van der Waals surface area contributed by atoms with Crippen molar-refractivity contribution in [3.8, 4) is 11.5 Å². The fourth-order valence-corrected chi connectivity index (χ4v) is 2.51. The van der Waals surface area contributed by atoms with Gasteiger partial charge >= 0.3 is 0 Å². The second-order valence-electron chi connectivity index (χ2n) is 5.45. The monoisotopic (exact) mass is 285 g/mol. The van der Waals surface area contributed by atoms with Gasteiger partial charge in [0.1, 0.15) is 0 Å². The number of carbonyl (C=O) groups is 1. The lowest BCUT2D eigenvalue weighted by Crippen LogP contribution is -2.27. The number of hydrogen-bond acceptors (Lipinski definition) is 4. The third-order valence-corrected chi connectivity index (χ3v) is 3.78. The number of rotatable bonds is 4. The van der Waals surface area contributed by atoms with Gasteiger partial charge in [-0.05, 0) is 31.9 Å². The van der Waals surface area contributed by atoms with Gasteiger partial charge in [-0.15, -0.1) is 10.2 Å². The fourth-order valence-electron chi connectivity index (χ4n) is 2.51. The quantitative estimate of drug-likeness (QED) is 0.866. The summed E-state index contributed by atoms with van der Waals surface area (Å²) in [6.07, 6.45) is 3.18. The maximum Gasteiger partial charge on any atom is 0.247 e. The van der Waals surface area contributed by atoms with Gasteiger partial charge < -0.3 is 9.32 Å². The van der Waals surface area contributed by atoms with Gasteiger partial charge in [-0.25, -0.2) is 0 Å². The van der Waals surface area contributed by atoms with Crippen molar-refractivity contribution in [2.75, 3.05) is 13.1 Å².